The molecule has 1 N–H and O–H groups in total. The fourth-order valence-electron chi connectivity index (χ4n) is 4.32. The van der Waals surface area contributed by atoms with Crippen LogP contribution in [0.4, 0.5) is 0 Å². The molecule has 1 aliphatic carbocycles. The molecule has 7 nitrogen and oxygen atoms in total. The van der Waals surface area contributed by atoms with E-state index >= 15 is 0 Å². The summed E-state index contributed by atoms with van der Waals surface area (Å²) in [5.74, 6) is -0.466. The quantitative estimate of drug-likeness (QED) is 0.492. The smallest absolute Gasteiger partial charge is 0.178 e. The molecule has 0 amide bonds. The van der Waals surface area contributed by atoms with Gasteiger partial charge in [-0.3, -0.25) is 4.79 Å². The monoisotopic (exact) mass is 498 g/mol. The van der Waals surface area contributed by atoms with Crippen LogP contribution in [-0.4, -0.2) is 46.6 Å². The van der Waals surface area contributed by atoms with Gasteiger partial charge in [-0.05, 0) is 43.9 Å². The van der Waals surface area contributed by atoms with Crippen LogP contribution in [0.15, 0.2) is 42.5 Å². The van der Waals surface area contributed by atoms with E-state index in [1.165, 1.54) is 11.3 Å². The van der Waals surface area contributed by atoms with E-state index < -0.39 is 32.2 Å². The van der Waals surface area contributed by atoms with Gasteiger partial charge < -0.3 is 9.84 Å². The lowest BCUT2D eigenvalue weighted by molar-refractivity contribution is 0.0507. The zero-order valence-corrected chi connectivity index (χ0v) is 20.7. The average molecular weight is 499 g/mol. The third-order valence-corrected chi connectivity index (χ3v) is 10.2. The van der Waals surface area contributed by atoms with Gasteiger partial charge in [0.1, 0.15) is 21.5 Å². The lowest BCUT2D eigenvalue weighted by Gasteiger charge is -2.30. The van der Waals surface area contributed by atoms with Gasteiger partial charge in [0.15, 0.2) is 15.6 Å². The van der Waals surface area contributed by atoms with Crippen LogP contribution in [0, 0.1) is 12.8 Å². The number of carbonyl (C=O) groups excluding carboxylic acids is 1. The first kappa shape index (κ1) is 23.1. The summed E-state index contributed by atoms with van der Waals surface area (Å²) in [4.78, 5) is 13.0. The highest BCUT2D eigenvalue weighted by molar-refractivity contribution is 7.93. The minimum absolute atomic E-state index is 0.131. The highest BCUT2D eigenvalue weighted by Gasteiger charge is 2.50. The van der Waals surface area contributed by atoms with Gasteiger partial charge in [-0.1, -0.05) is 36.4 Å². The summed E-state index contributed by atoms with van der Waals surface area (Å²) in [7, 11) is -3.50. The van der Waals surface area contributed by atoms with E-state index in [9.17, 15) is 18.3 Å². The zero-order valence-electron chi connectivity index (χ0n) is 19.0. The Hall–Kier alpha value is -2.62. The number of ether oxygens (including phenoxy) is 1. The fourth-order valence-corrected chi connectivity index (χ4v) is 6.69. The van der Waals surface area contributed by atoms with Crippen LogP contribution in [0.5, 0.6) is 5.75 Å². The van der Waals surface area contributed by atoms with Crippen molar-refractivity contribution in [3.8, 4) is 16.9 Å². The third kappa shape index (κ3) is 4.28. The Kier molecular flexibility index (Phi) is 5.82. The predicted molar refractivity (Wildman–Crippen MR) is 130 cm³/mol. The molecular formula is C25H26N2O5S2. The number of hydrogen-bond acceptors (Lipinski definition) is 8. The number of benzene rings is 2. The molecule has 0 saturated heterocycles. The number of sulfone groups is 1. The molecule has 2 heterocycles. The van der Waals surface area contributed by atoms with Crippen LogP contribution in [0.2, 0.25) is 0 Å². The molecule has 5 rings (SSSR count). The summed E-state index contributed by atoms with van der Waals surface area (Å²) in [5.41, 5.74) is 2.45. The number of aliphatic hydroxyl groups excluding tert-OH is 1. The van der Waals surface area contributed by atoms with Gasteiger partial charge in [-0.2, -0.15) is 0 Å². The predicted octanol–water partition coefficient (Wildman–Crippen LogP) is 3.95. The van der Waals surface area contributed by atoms with Crippen molar-refractivity contribution < 1.29 is 23.1 Å². The molecule has 34 heavy (non-hydrogen) atoms. The maximum absolute atomic E-state index is 13.0. The molecule has 2 aromatic carbocycles. The van der Waals surface area contributed by atoms with Gasteiger partial charge in [0.05, 0.1) is 17.5 Å². The fraction of sp³-hybridized carbons (Fsp3) is 0.400. The van der Waals surface area contributed by atoms with E-state index in [4.69, 9.17) is 4.74 Å². The number of fused-ring (bicyclic) bond motifs is 1. The van der Waals surface area contributed by atoms with Crippen LogP contribution in [0.25, 0.3) is 11.1 Å². The van der Waals surface area contributed by atoms with Crippen molar-refractivity contribution in [2.75, 3.05) is 12.4 Å². The number of nitrogens with zero attached hydrogens (tertiary/aromatic N) is 2. The summed E-state index contributed by atoms with van der Waals surface area (Å²) in [6.07, 6.45) is 1.09. The van der Waals surface area contributed by atoms with Gasteiger partial charge in [0.2, 0.25) is 0 Å². The minimum atomic E-state index is -3.50. The molecule has 1 saturated carbocycles. The Balaban J connectivity index is 1.40. The number of rotatable bonds is 7. The molecule has 2 atom stereocenters. The number of Topliss-reactive ketones (excluding diaryl/α,β-unsaturated/α-hetero) is 1. The largest absolute Gasteiger partial charge is 0.493 e. The Morgan fingerprint density at radius 1 is 1.21 bits per heavy atom. The molecular weight excluding hydrogens is 472 g/mol. The van der Waals surface area contributed by atoms with Crippen molar-refractivity contribution in [1.82, 2.24) is 10.2 Å². The maximum atomic E-state index is 13.0. The summed E-state index contributed by atoms with van der Waals surface area (Å²) >= 11 is 1.51. The SMILES string of the molecule is Cc1nnc(C[C@@H]2COc3cc(-c4ccccc4C(=O)CS(=O)(=O)C4(C)CC4)ccc3[C@H]2O)s1. The second-order valence-electron chi connectivity index (χ2n) is 9.37. The molecule has 2 aliphatic rings. The highest BCUT2D eigenvalue weighted by Crippen LogP contribution is 2.44. The van der Waals surface area contributed by atoms with E-state index in [1.54, 1.807) is 25.1 Å². The third-order valence-electron chi connectivity index (χ3n) is 6.80. The number of aliphatic hydroxyl groups is 1. The molecule has 0 bridgehead atoms. The van der Waals surface area contributed by atoms with Crippen molar-refractivity contribution in [3.05, 3.63) is 63.6 Å². The first-order valence-electron chi connectivity index (χ1n) is 11.3. The van der Waals surface area contributed by atoms with E-state index in [2.05, 4.69) is 10.2 Å². The molecule has 0 unspecified atom stereocenters. The number of hydrogen-bond donors (Lipinski definition) is 1. The van der Waals surface area contributed by atoms with Crippen molar-refractivity contribution in [2.24, 2.45) is 5.92 Å². The minimum Gasteiger partial charge on any atom is -0.493 e. The van der Waals surface area contributed by atoms with Crippen molar-refractivity contribution >= 4 is 27.0 Å². The van der Waals surface area contributed by atoms with Gasteiger partial charge in [0.25, 0.3) is 0 Å². The van der Waals surface area contributed by atoms with Gasteiger partial charge >= 0.3 is 0 Å². The first-order valence-corrected chi connectivity index (χ1v) is 13.7. The number of ketones is 1. The van der Waals surface area contributed by atoms with E-state index in [0.29, 0.717) is 48.3 Å². The Bertz CT molecular complexity index is 1360. The normalized spacial score (nSPS) is 20.9. The molecule has 1 aromatic heterocycles. The highest BCUT2D eigenvalue weighted by atomic mass is 32.2. The van der Waals surface area contributed by atoms with Gasteiger partial charge in [0, 0.05) is 23.5 Å². The zero-order chi connectivity index (χ0) is 24.1. The summed E-state index contributed by atoms with van der Waals surface area (Å²) in [6, 6.07) is 12.5. The van der Waals surface area contributed by atoms with Gasteiger partial charge in [-0.15, -0.1) is 21.5 Å². The standard InChI is InChI=1S/C25H26N2O5S2/c1-15-26-27-23(33-15)12-17-13-32-22-11-16(7-8-20(22)24(17)29)18-5-3-4-6-19(18)21(28)14-34(30,31)25(2)9-10-25/h3-8,11,17,24,29H,9-10,12-14H2,1-2H3/t17-,24+/m1/s1. The lowest BCUT2D eigenvalue weighted by Crippen LogP contribution is -2.28. The van der Waals surface area contributed by atoms with E-state index in [1.807, 2.05) is 31.2 Å². The molecule has 9 heteroatoms. The van der Waals surface area contributed by atoms with Crippen LogP contribution < -0.4 is 4.74 Å². The summed E-state index contributed by atoms with van der Waals surface area (Å²) in [6.45, 7) is 3.94. The van der Waals surface area contributed by atoms with Crippen molar-refractivity contribution in [1.29, 1.82) is 0 Å². The molecule has 3 aromatic rings. The topological polar surface area (TPSA) is 106 Å². The van der Waals surface area contributed by atoms with Gasteiger partial charge in [-0.25, -0.2) is 8.42 Å². The van der Waals surface area contributed by atoms with Crippen LogP contribution in [-0.2, 0) is 16.3 Å². The summed E-state index contributed by atoms with van der Waals surface area (Å²) in [5, 5.41) is 20.9. The molecule has 0 radical (unpaired) electrons. The molecule has 1 fully saturated rings. The van der Waals surface area contributed by atoms with Crippen molar-refractivity contribution in [3.63, 3.8) is 0 Å². The summed E-state index contributed by atoms with van der Waals surface area (Å²) < 4.78 is 30.6. The Morgan fingerprint density at radius 3 is 2.68 bits per heavy atom. The average Bonchev–Trinajstić information content (AvgIpc) is 3.45. The van der Waals surface area contributed by atoms with E-state index in [0.717, 1.165) is 15.6 Å². The van der Waals surface area contributed by atoms with Crippen molar-refractivity contribution in [2.45, 2.75) is 44.0 Å². The maximum Gasteiger partial charge on any atom is 0.178 e. The number of aryl methyl sites for hydroxylation is 1. The number of aromatic nitrogens is 2. The number of carbonyl (C=O) groups is 1. The Morgan fingerprint density at radius 2 is 1.97 bits per heavy atom. The van der Waals surface area contributed by atoms with E-state index in [-0.39, 0.29) is 5.92 Å². The van der Waals surface area contributed by atoms with Crippen LogP contribution >= 0.6 is 11.3 Å². The molecule has 178 valence electrons. The Labute approximate surface area is 202 Å². The second-order valence-corrected chi connectivity index (χ2v) is 13.1. The lowest BCUT2D eigenvalue weighted by atomic mass is 9.89. The molecule has 0 spiro atoms. The second kappa shape index (κ2) is 8.55. The van der Waals surface area contributed by atoms with Crippen LogP contribution in [0.3, 0.4) is 0 Å². The first-order chi connectivity index (χ1) is 16.2. The molecule has 1 aliphatic heterocycles. The van der Waals surface area contributed by atoms with Crippen LogP contribution in [0.1, 0.15) is 51.8 Å².